The number of likely N-dealkylation sites (N-methyl/N-ethyl adjacent to an activating group) is 1. The third-order valence-electron chi connectivity index (χ3n) is 3.18. The summed E-state index contributed by atoms with van der Waals surface area (Å²) in [6, 6.07) is 0. The normalized spacial score (nSPS) is 12.3. The molecule has 0 fully saturated rings. The average molecular weight is 270 g/mol. The zero-order valence-electron chi connectivity index (χ0n) is 13.6. The molecule has 0 heterocycles. The van der Waals surface area contributed by atoms with Crippen molar-refractivity contribution in [3.8, 4) is 0 Å². The molecular weight excluding hydrogens is 236 g/mol. The molecule has 0 spiro atoms. The van der Waals surface area contributed by atoms with Crippen LogP contribution in [0.5, 0.6) is 0 Å². The van der Waals surface area contributed by atoms with Gasteiger partial charge in [-0.05, 0) is 38.3 Å². The van der Waals surface area contributed by atoms with Crippen LogP contribution in [0.4, 0.5) is 0 Å². The third-order valence-corrected chi connectivity index (χ3v) is 3.18. The van der Waals surface area contributed by atoms with E-state index in [2.05, 4.69) is 48.2 Å². The van der Waals surface area contributed by atoms with Crippen LogP contribution in [-0.2, 0) is 0 Å². The fourth-order valence-corrected chi connectivity index (χ4v) is 2.01. The van der Waals surface area contributed by atoms with E-state index in [1.54, 1.807) is 0 Å². The van der Waals surface area contributed by atoms with Crippen LogP contribution in [0, 0.1) is 5.92 Å². The van der Waals surface area contributed by atoms with E-state index in [0.29, 0.717) is 0 Å². The second-order valence-corrected chi connectivity index (χ2v) is 5.40. The molecule has 0 radical (unpaired) electrons. The number of nitrogens with one attached hydrogen (secondary N) is 2. The summed E-state index contributed by atoms with van der Waals surface area (Å²) in [5, 5.41) is 6.75. The van der Waals surface area contributed by atoms with E-state index >= 15 is 0 Å². The van der Waals surface area contributed by atoms with Crippen LogP contribution in [-0.4, -0.2) is 50.6 Å². The Balaban J connectivity index is 3.70. The second kappa shape index (κ2) is 12.3. The highest BCUT2D eigenvalue weighted by Crippen LogP contribution is 2.01. The Kier molecular flexibility index (Phi) is 11.8. The van der Waals surface area contributed by atoms with Gasteiger partial charge in [-0.3, -0.25) is 4.99 Å². The summed E-state index contributed by atoms with van der Waals surface area (Å²) in [5.41, 5.74) is 0. The van der Waals surface area contributed by atoms with Gasteiger partial charge in [-0.15, -0.1) is 0 Å². The van der Waals surface area contributed by atoms with Crippen LogP contribution >= 0.6 is 0 Å². The molecule has 0 bridgehead atoms. The number of aliphatic imine (C=N–C) groups is 1. The minimum absolute atomic E-state index is 0.781. The molecular formula is C15H34N4. The molecule has 0 amide bonds. The molecule has 2 N–H and O–H groups in total. The van der Waals surface area contributed by atoms with Gasteiger partial charge in [0.25, 0.3) is 0 Å². The maximum Gasteiger partial charge on any atom is 0.191 e. The highest BCUT2D eigenvalue weighted by atomic mass is 15.2. The Morgan fingerprint density at radius 1 is 1.11 bits per heavy atom. The van der Waals surface area contributed by atoms with Crippen molar-refractivity contribution in [3.63, 3.8) is 0 Å². The molecule has 0 aliphatic heterocycles. The average Bonchev–Trinajstić information content (AvgIpc) is 2.39. The predicted molar refractivity (Wildman–Crippen MR) is 85.8 cm³/mol. The predicted octanol–water partition coefficient (Wildman–Crippen LogP) is 2.32. The first-order chi connectivity index (χ1) is 9.13. The van der Waals surface area contributed by atoms with Crippen LogP contribution in [0.15, 0.2) is 4.99 Å². The van der Waals surface area contributed by atoms with Gasteiger partial charge in [0, 0.05) is 26.7 Å². The van der Waals surface area contributed by atoms with Crippen molar-refractivity contribution in [2.45, 2.75) is 47.0 Å². The van der Waals surface area contributed by atoms with E-state index < -0.39 is 0 Å². The molecule has 0 aromatic carbocycles. The Morgan fingerprint density at radius 3 is 2.32 bits per heavy atom. The Labute approximate surface area is 120 Å². The van der Waals surface area contributed by atoms with E-state index in [4.69, 9.17) is 0 Å². The number of guanidine groups is 1. The van der Waals surface area contributed by atoms with Crippen LogP contribution in [0.2, 0.25) is 0 Å². The molecule has 0 saturated heterocycles. The SMILES string of the molecule is CCCN(CC)CCNC(=NC)NCCCC(C)C. The third kappa shape index (κ3) is 10.8. The Bertz CT molecular complexity index is 226. The molecule has 4 heteroatoms. The molecule has 0 atom stereocenters. The lowest BCUT2D eigenvalue weighted by Gasteiger charge is -2.20. The van der Waals surface area contributed by atoms with Crippen LogP contribution < -0.4 is 10.6 Å². The van der Waals surface area contributed by atoms with E-state index in [9.17, 15) is 0 Å². The smallest absolute Gasteiger partial charge is 0.191 e. The maximum absolute atomic E-state index is 4.25. The quantitative estimate of drug-likeness (QED) is 0.363. The van der Waals surface area contributed by atoms with E-state index in [-0.39, 0.29) is 0 Å². The first kappa shape index (κ1) is 18.2. The second-order valence-electron chi connectivity index (χ2n) is 5.40. The van der Waals surface area contributed by atoms with Gasteiger partial charge in [-0.1, -0.05) is 27.7 Å². The lowest BCUT2D eigenvalue weighted by molar-refractivity contribution is 0.293. The van der Waals surface area contributed by atoms with Crippen LogP contribution in [0.3, 0.4) is 0 Å². The van der Waals surface area contributed by atoms with Crippen molar-refractivity contribution in [2.24, 2.45) is 10.9 Å². The standard InChI is InChI=1S/C15H34N4/c1-6-12-19(7-2)13-11-18-15(16-5)17-10-8-9-14(3)4/h14H,6-13H2,1-5H3,(H2,16,17,18). The van der Waals surface area contributed by atoms with Crippen molar-refractivity contribution < 1.29 is 0 Å². The van der Waals surface area contributed by atoms with Crippen molar-refractivity contribution >= 4 is 5.96 Å². The van der Waals surface area contributed by atoms with Gasteiger partial charge in [-0.25, -0.2) is 0 Å². The topological polar surface area (TPSA) is 39.7 Å². The van der Waals surface area contributed by atoms with Gasteiger partial charge in [0.2, 0.25) is 0 Å². The number of hydrogen-bond acceptors (Lipinski definition) is 2. The first-order valence-corrected chi connectivity index (χ1v) is 7.80. The summed E-state index contributed by atoms with van der Waals surface area (Å²) < 4.78 is 0. The van der Waals surface area contributed by atoms with Gasteiger partial charge >= 0.3 is 0 Å². The Hall–Kier alpha value is -0.770. The van der Waals surface area contributed by atoms with Crippen molar-refractivity contribution in [1.29, 1.82) is 0 Å². The van der Waals surface area contributed by atoms with Crippen LogP contribution in [0.1, 0.15) is 47.0 Å². The minimum Gasteiger partial charge on any atom is -0.356 e. The first-order valence-electron chi connectivity index (χ1n) is 7.80. The highest BCUT2D eigenvalue weighted by molar-refractivity contribution is 5.79. The summed E-state index contributed by atoms with van der Waals surface area (Å²) in [5.74, 6) is 1.71. The van der Waals surface area contributed by atoms with Gasteiger partial charge in [0.15, 0.2) is 5.96 Å². The van der Waals surface area contributed by atoms with Gasteiger partial charge in [-0.2, -0.15) is 0 Å². The van der Waals surface area contributed by atoms with E-state index in [0.717, 1.165) is 38.1 Å². The summed E-state index contributed by atoms with van der Waals surface area (Å²) in [7, 11) is 1.83. The lowest BCUT2D eigenvalue weighted by atomic mass is 10.1. The number of hydrogen-bond donors (Lipinski definition) is 2. The summed E-state index contributed by atoms with van der Waals surface area (Å²) >= 11 is 0. The summed E-state index contributed by atoms with van der Waals surface area (Å²) in [4.78, 5) is 6.71. The Morgan fingerprint density at radius 2 is 1.79 bits per heavy atom. The zero-order chi connectivity index (χ0) is 14.5. The molecule has 114 valence electrons. The summed E-state index contributed by atoms with van der Waals surface area (Å²) in [6.45, 7) is 14.3. The lowest BCUT2D eigenvalue weighted by Crippen LogP contribution is -2.42. The number of nitrogens with zero attached hydrogens (tertiary/aromatic N) is 2. The van der Waals surface area contributed by atoms with Gasteiger partial charge in [0.05, 0.1) is 0 Å². The molecule has 0 saturated carbocycles. The largest absolute Gasteiger partial charge is 0.356 e. The van der Waals surface area contributed by atoms with Gasteiger partial charge < -0.3 is 15.5 Å². The summed E-state index contributed by atoms with van der Waals surface area (Å²) in [6.07, 6.45) is 3.69. The van der Waals surface area contributed by atoms with Gasteiger partial charge in [0.1, 0.15) is 0 Å². The zero-order valence-corrected chi connectivity index (χ0v) is 13.6. The van der Waals surface area contributed by atoms with E-state index in [1.165, 1.54) is 25.8 Å². The fourth-order valence-electron chi connectivity index (χ4n) is 2.01. The molecule has 4 nitrogen and oxygen atoms in total. The number of rotatable bonds is 10. The minimum atomic E-state index is 0.781. The molecule has 0 unspecified atom stereocenters. The highest BCUT2D eigenvalue weighted by Gasteiger charge is 2.02. The molecule has 19 heavy (non-hydrogen) atoms. The molecule has 0 aromatic rings. The molecule has 0 aliphatic rings. The van der Waals surface area contributed by atoms with Crippen molar-refractivity contribution in [3.05, 3.63) is 0 Å². The molecule has 0 rings (SSSR count). The maximum atomic E-state index is 4.25. The van der Waals surface area contributed by atoms with Crippen molar-refractivity contribution in [2.75, 3.05) is 39.8 Å². The van der Waals surface area contributed by atoms with E-state index in [1.807, 2.05) is 7.05 Å². The van der Waals surface area contributed by atoms with Crippen molar-refractivity contribution in [1.82, 2.24) is 15.5 Å². The molecule has 0 aliphatic carbocycles. The molecule has 0 aromatic heterocycles. The monoisotopic (exact) mass is 270 g/mol. The fraction of sp³-hybridized carbons (Fsp3) is 0.933. The van der Waals surface area contributed by atoms with Crippen LogP contribution in [0.25, 0.3) is 0 Å².